The van der Waals surface area contributed by atoms with Gasteiger partial charge in [0, 0.05) is 17.6 Å². The summed E-state index contributed by atoms with van der Waals surface area (Å²) in [5.41, 5.74) is 3.23. The van der Waals surface area contributed by atoms with E-state index in [9.17, 15) is 4.79 Å². The monoisotopic (exact) mass is 446 g/mol. The number of hydrogen-bond acceptors (Lipinski definition) is 5. The minimum atomic E-state index is -0.0788. The van der Waals surface area contributed by atoms with Crippen LogP contribution in [0.1, 0.15) is 23.9 Å². The number of thioether (sulfide) groups is 1. The van der Waals surface area contributed by atoms with Crippen LogP contribution in [-0.2, 0) is 17.9 Å². The van der Waals surface area contributed by atoms with E-state index in [0.717, 1.165) is 28.0 Å². The maximum absolute atomic E-state index is 12.6. The zero-order valence-electron chi connectivity index (χ0n) is 18.5. The first-order valence-corrected chi connectivity index (χ1v) is 11.6. The summed E-state index contributed by atoms with van der Waals surface area (Å²) >= 11 is 1.37. The number of anilines is 1. The number of fused-ring (bicyclic) bond motifs is 1. The zero-order chi connectivity index (χ0) is 22.5. The van der Waals surface area contributed by atoms with Crippen molar-refractivity contribution in [3.8, 4) is 5.75 Å². The van der Waals surface area contributed by atoms with Gasteiger partial charge in [-0.3, -0.25) is 4.79 Å². The fraction of sp³-hybridized carbons (Fsp3) is 0.240. The molecule has 0 atom stereocenters. The van der Waals surface area contributed by atoms with Crippen molar-refractivity contribution < 1.29 is 9.53 Å². The fourth-order valence-electron chi connectivity index (χ4n) is 3.45. The highest BCUT2D eigenvalue weighted by molar-refractivity contribution is 7.99. The lowest BCUT2D eigenvalue weighted by atomic mass is 10.1. The molecular weight excluding hydrogens is 420 g/mol. The summed E-state index contributed by atoms with van der Waals surface area (Å²) < 4.78 is 7.90. The molecule has 0 spiro atoms. The predicted octanol–water partition coefficient (Wildman–Crippen LogP) is 5.38. The molecular formula is C25H26N4O2S. The lowest BCUT2D eigenvalue weighted by molar-refractivity contribution is -0.113. The number of hydrogen-bond donors (Lipinski definition) is 1. The van der Waals surface area contributed by atoms with Crippen LogP contribution in [0, 0.1) is 13.8 Å². The number of nitrogens with zero attached hydrogens (tertiary/aromatic N) is 3. The quantitative estimate of drug-likeness (QED) is 0.368. The molecule has 1 heterocycles. The average molecular weight is 447 g/mol. The van der Waals surface area contributed by atoms with Crippen LogP contribution in [0.5, 0.6) is 5.75 Å². The highest BCUT2D eigenvalue weighted by Crippen LogP contribution is 2.24. The molecule has 4 aromatic rings. The Bertz CT molecular complexity index is 1250. The molecule has 4 rings (SSSR count). The van der Waals surface area contributed by atoms with Crippen molar-refractivity contribution in [3.05, 3.63) is 77.6 Å². The normalized spacial score (nSPS) is 11.0. The van der Waals surface area contributed by atoms with Gasteiger partial charge in [0.05, 0.1) is 5.75 Å². The third kappa shape index (κ3) is 4.94. The van der Waals surface area contributed by atoms with Gasteiger partial charge in [-0.15, -0.1) is 10.2 Å². The topological polar surface area (TPSA) is 69.0 Å². The van der Waals surface area contributed by atoms with Crippen LogP contribution in [0.3, 0.4) is 0 Å². The van der Waals surface area contributed by atoms with E-state index in [1.807, 2.05) is 72.2 Å². The Morgan fingerprint density at radius 2 is 1.84 bits per heavy atom. The second-order valence-electron chi connectivity index (χ2n) is 7.54. The number of nitrogens with one attached hydrogen (secondary N) is 1. The van der Waals surface area contributed by atoms with Crippen molar-refractivity contribution in [2.45, 2.75) is 39.1 Å². The number of ether oxygens (including phenoxy) is 1. The molecule has 0 saturated carbocycles. The number of carbonyl (C=O) groups is 1. The van der Waals surface area contributed by atoms with E-state index in [4.69, 9.17) is 4.74 Å². The molecule has 3 aromatic carbocycles. The molecule has 6 nitrogen and oxygen atoms in total. The Morgan fingerprint density at radius 1 is 1.03 bits per heavy atom. The van der Waals surface area contributed by atoms with Crippen molar-refractivity contribution in [2.75, 3.05) is 11.1 Å². The predicted molar refractivity (Wildman–Crippen MR) is 129 cm³/mol. The van der Waals surface area contributed by atoms with Gasteiger partial charge in [-0.25, -0.2) is 0 Å². The fourth-order valence-corrected chi connectivity index (χ4v) is 4.27. The van der Waals surface area contributed by atoms with Gasteiger partial charge in [-0.1, -0.05) is 54.2 Å². The van der Waals surface area contributed by atoms with Crippen LogP contribution in [-0.4, -0.2) is 26.4 Å². The summed E-state index contributed by atoms with van der Waals surface area (Å²) in [4.78, 5) is 12.6. The van der Waals surface area contributed by atoms with Gasteiger partial charge in [0.15, 0.2) is 11.0 Å². The maximum Gasteiger partial charge on any atom is 0.234 e. The van der Waals surface area contributed by atoms with E-state index in [0.29, 0.717) is 18.3 Å². The smallest absolute Gasteiger partial charge is 0.234 e. The Balaban J connectivity index is 1.38. The molecule has 0 radical (unpaired) electrons. The largest absolute Gasteiger partial charge is 0.486 e. The van der Waals surface area contributed by atoms with E-state index >= 15 is 0 Å². The maximum atomic E-state index is 12.6. The van der Waals surface area contributed by atoms with Gasteiger partial charge in [0.25, 0.3) is 0 Å². The van der Waals surface area contributed by atoms with Crippen LogP contribution in [0.15, 0.2) is 65.8 Å². The highest BCUT2D eigenvalue weighted by Gasteiger charge is 2.14. The Hall–Kier alpha value is -3.32. The summed E-state index contributed by atoms with van der Waals surface area (Å²) in [5.74, 6) is 1.72. The second-order valence-corrected chi connectivity index (χ2v) is 8.48. The number of rotatable bonds is 8. The Kier molecular flexibility index (Phi) is 6.75. The molecule has 0 aliphatic carbocycles. The van der Waals surface area contributed by atoms with E-state index in [1.54, 1.807) is 0 Å². The van der Waals surface area contributed by atoms with Crippen molar-refractivity contribution >= 4 is 34.1 Å². The van der Waals surface area contributed by atoms with Gasteiger partial charge in [0.1, 0.15) is 12.4 Å². The molecule has 7 heteroatoms. The standard InChI is InChI=1S/C25H26N4O2S/c1-4-29-23(15-31-20-13-12-17(2)18(3)14-20)27-28-25(29)32-16-24(30)26-22-11-7-9-19-8-5-6-10-21(19)22/h5-14H,4,15-16H2,1-3H3,(H,26,30). The van der Waals surface area contributed by atoms with E-state index in [-0.39, 0.29) is 11.7 Å². The lowest BCUT2D eigenvalue weighted by Gasteiger charge is -2.10. The summed E-state index contributed by atoms with van der Waals surface area (Å²) in [5, 5.41) is 14.4. The first-order valence-electron chi connectivity index (χ1n) is 10.6. The molecule has 1 aromatic heterocycles. The van der Waals surface area contributed by atoms with Gasteiger partial charge in [0.2, 0.25) is 5.91 Å². The first kappa shape index (κ1) is 21.9. The van der Waals surface area contributed by atoms with Crippen LogP contribution in [0.25, 0.3) is 10.8 Å². The van der Waals surface area contributed by atoms with Crippen molar-refractivity contribution in [2.24, 2.45) is 0 Å². The number of benzene rings is 3. The SMILES string of the molecule is CCn1c(COc2ccc(C)c(C)c2)nnc1SCC(=O)Nc1cccc2ccccc12. The summed E-state index contributed by atoms with van der Waals surface area (Å²) in [6.45, 7) is 7.20. The first-order chi connectivity index (χ1) is 15.5. The van der Waals surface area contributed by atoms with Gasteiger partial charge < -0.3 is 14.6 Å². The van der Waals surface area contributed by atoms with Gasteiger partial charge >= 0.3 is 0 Å². The van der Waals surface area contributed by atoms with Crippen LogP contribution in [0.4, 0.5) is 5.69 Å². The van der Waals surface area contributed by atoms with E-state index in [2.05, 4.69) is 29.4 Å². The van der Waals surface area contributed by atoms with Crippen molar-refractivity contribution in [1.29, 1.82) is 0 Å². The van der Waals surface area contributed by atoms with Gasteiger partial charge in [-0.05, 0) is 55.5 Å². The van der Waals surface area contributed by atoms with E-state index in [1.165, 1.54) is 22.9 Å². The molecule has 0 bridgehead atoms. The van der Waals surface area contributed by atoms with Crippen molar-refractivity contribution in [3.63, 3.8) is 0 Å². The molecule has 0 aliphatic rings. The molecule has 0 aliphatic heterocycles. The number of aromatic nitrogens is 3. The minimum Gasteiger partial charge on any atom is -0.486 e. The summed E-state index contributed by atoms with van der Waals surface area (Å²) in [6, 6.07) is 19.9. The Labute approximate surface area is 192 Å². The third-order valence-corrected chi connectivity index (χ3v) is 6.32. The van der Waals surface area contributed by atoms with E-state index < -0.39 is 0 Å². The van der Waals surface area contributed by atoms with Crippen molar-refractivity contribution in [1.82, 2.24) is 14.8 Å². The molecule has 0 fully saturated rings. The number of amides is 1. The number of carbonyl (C=O) groups excluding carboxylic acids is 1. The molecule has 0 unspecified atom stereocenters. The van der Waals surface area contributed by atoms with Crippen LogP contribution >= 0.6 is 11.8 Å². The highest BCUT2D eigenvalue weighted by atomic mass is 32.2. The number of aryl methyl sites for hydroxylation is 2. The van der Waals surface area contributed by atoms with Crippen LogP contribution < -0.4 is 10.1 Å². The van der Waals surface area contributed by atoms with Gasteiger partial charge in [-0.2, -0.15) is 0 Å². The average Bonchev–Trinajstić information content (AvgIpc) is 3.20. The zero-order valence-corrected chi connectivity index (χ0v) is 19.3. The second kappa shape index (κ2) is 9.87. The molecule has 1 amide bonds. The molecule has 32 heavy (non-hydrogen) atoms. The van der Waals surface area contributed by atoms with Crippen LogP contribution in [0.2, 0.25) is 0 Å². The third-order valence-electron chi connectivity index (χ3n) is 5.35. The Morgan fingerprint density at radius 3 is 2.66 bits per heavy atom. The molecule has 164 valence electrons. The molecule has 1 N–H and O–H groups in total. The minimum absolute atomic E-state index is 0.0788. The lowest BCUT2D eigenvalue weighted by Crippen LogP contribution is -2.15. The summed E-state index contributed by atoms with van der Waals surface area (Å²) in [7, 11) is 0. The molecule has 0 saturated heterocycles. The summed E-state index contributed by atoms with van der Waals surface area (Å²) in [6.07, 6.45) is 0.